The van der Waals surface area contributed by atoms with E-state index in [0.29, 0.717) is 0 Å². The molecule has 0 aliphatic heterocycles. The molecule has 2 nitrogen and oxygen atoms in total. The molecule has 2 heterocycles. The summed E-state index contributed by atoms with van der Waals surface area (Å²) in [5.41, 5.74) is 15.5. The Hall–Kier alpha value is -7.16. The molecule has 0 spiro atoms. The molecule has 0 unspecified atom stereocenters. The van der Waals surface area contributed by atoms with Crippen molar-refractivity contribution in [3.63, 3.8) is 0 Å². The van der Waals surface area contributed by atoms with Gasteiger partial charge in [-0.05, 0) is 126 Å². The molecule has 2 aromatic heterocycles. The highest BCUT2D eigenvalue weighted by molar-refractivity contribution is 6.38. The van der Waals surface area contributed by atoms with Crippen LogP contribution in [0.4, 0.5) is 0 Å². The average molecular weight is 799 g/mol. The number of rotatable bonds is 4. The molecule has 10 aromatic carbocycles. The second-order valence-corrected chi connectivity index (χ2v) is 19.2. The van der Waals surface area contributed by atoms with Crippen molar-refractivity contribution in [2.45, 2.75) is 52.4 Å². The Balaban J connectivity index is 1.29. The van der Waals surface area contributed by atoms with Gasteiger partial charge in [-0.2, -0.15) is 0 Å². The summed E-state index contributed by atoms with van der Waals surface area (Å²) in [6.45, 7) is 13.9. The number of hydrogen-bond acceptors (Lipinski definition) is 2. The largest absolute Gasteiger partial charge is 0.455 e. The lowest BCUT2D eigenvalue weighted by Crippen LogP contribution is -2.13. The first-order valence-corrected chi connectivity index (χ1v) is 21.8. The van der Waals surface area contributed by atoms with E-state index < -0.39 is 0 Å². The van der Waals surface area contributed by atoms with Crippen LogP contribution in [0.25, 0.3) is 121 Å². The molecule has 0 saturated carbocycles. The monoisotopic (exact) mass is 798 g/mol. The van der Waals surface area contributed by atoms with Gasteiger partial charge in [0.05, 0.1) is 0 Å². The summed E-state index contributed by atoms with van der Waals surface area (Å²) >= 11 is 0. The van der Waals surface area contributed by atoms with Crippen molar-refractivity contribution < 1.29 is 8.83 Å². The van der Waals surface area contributed by atoms with Crippen molar-refractivity contribution in [2.24, 2.45) is 0 Å². The summed E-state index contributed by atoms with van der Waals surface area (Å²) in [5.74, 6) is 0. The lowest BCUT2D eigenvalue weighted by molar-refractivity contribution is 0.592. The van der Waals surface area contributed by atoms with Gasteiger partial charge in [0, 0.05) is 43.1 Å². The Morgan fingerprint density at radius 3 is 1.08 bits per heavy atom. The van der Waals surface area contributed by atoms with Crippen LogP contribution >= 0.6 is 0 Å². The number of benzene rings is 10. The van der Waals surface area contributed by atoms with Gasteiger partial charge in [0.25, 0.3) is 0 Å². The van der Waals surface area contributed by atoms with Crippen molar-refractivity contribution >= 4 is 76.2 Å². The van der Waals surface area contributed by atoms with Crippen LogP contribution in [0.1, 0.15) is 52.7 Å². The topological polar surface area (TPSA) is 26.3 Å². The second-order valence-electron chi connectivity index (χ2n) is 19.2. The molecule has 0 aliphatic carbocycles. The SMILES string of the molecule is CC(C)(C)c1ccccc1-c1cc2c3oc4cc(-c5ccccc5)ccc4c3cc3c(-c4ccccc4C(C)(C)C)cc4c5oc6cc(-c7ccccc7)ccc6c5cc1c4c32. The molecule has 0 fully saturated rings. The first-order chi connectivity index (χ1) is 30.0. The molecule has 0 bridgehead atoms. The molecular weight excluding hydrogens is 753 g/mol. The van der Waals surface area contributed by atoms with E-state index in [2.05, 4.69) is 211 Å². The van der Waals surface area contributed by atoms with E-state index in [1.54, 1.807) is 0 Å². The molecule has 0 atom stereocenters. The van der Waals surface area contributed by atoms with Gasteiger partial charge in [0.1, 0.15) is 22.3 Å². The van der Waals surface area contributed by atoms with Crippen molar-refractivity contribution in [3.8, 4) is 44.5 Å². The third kappa shape index (κ3) is 5.49. The second kappa shape index (κ2) is 13.2. The Morgan fingerprint density at radius 1 is 0.290 bits per heavy atom. The predicted molar refractivity (Wildman–Crippen MR) is 264 cm³/mol. The van der Waals surface area contributed by atoms with Crippen molar-refractivity contribution in [2.75, 3.05) is 0 Å². The van der Waals surface area contributed by atoms with Crippen molar-refractivity contribution in [3.05, 3.63) is 181 Å². The van der Waals surface area contributed by atoms with Gasteiger partial charge >= 0.3 is 0 Å². The van der Waals surface area contributed by atoms with Crippen LogP contribution < -0.4 is 0 Å². The fourth-order valence-electron chi connectivity index (χ4n) is 10.4. The van der Waals surface area contributed by atoms with Gasteiger partial charge in [-0.15, -0.1) is 0 Å². The summed E-state index contributed by atoms with van der Waals surface area (Å²) in [6.07, 6.45) is 0. The standard InChI is InChI=1S/C60H46O2/c1-59(2,3)51-23-15-13-21-39(51)43-31-49-56-46(34-48-42-28-26-38(30-54(42)61-57(48)49)36-19-11-8-12-20-36)44(40-22-14-16-24-52(40)60(4,5)6)32-50-55(56)45(43)33-47-41-27-25-37(29-53(41)62-58(47)50)35-17-9-7-10-18-35/h7-34H,1-6H3. The molecule has 0 aliphatic rings. The maximum atomic E-state index is 7.15. The highest BCUT2D eigenvalue weighted by atomic mass is 16.3. The van der Waals surface area contributed by atoms with Gasteiger partial charge in [-0.1, -0.05) is 163 Å². The zero-order chi connectivity index (χ0) is 42.1. The van der Waals surface area contributed by atoms with E-state index in [4.69, 9.17) is 8.83 Å². The Kier molecular flexibility index (Phi) is 7.79. The van der Waals surface area contributed by atoms with Gasteiger partial charge in [0.15, 0.2) is 0 Å². The third-order valence-corrected chi connectivity index (χ3v) is 13.3. The normalized spacial score (nSPS) is 12.7. The van der Waals surface area contributed by atoms with Crippen LogP contribution in [-0.2, 0) is 10.8 Å². The first-order valence-electron chi connectivity index (χ1n) is 21.8. The molecule has 298 valence electrons. The van der Waals surface area contributed by atoms with Crippen LogP contribution in [0.2, 0.25) is 0 Å². The lowest BCUT2D eigenvalue weighted by Gasteiger charge is -2.26. The van der Waals surface area contributed by atoms with E-state index in [1.165, 1.54) is 66.1 Å². The molecule has 62 heavy (non-hydrogen) atoms. The molecule has 0 amide bonds. The van der Waals surface area contributed by atoms with E-state index in [0.717, 1.165) is 65.8 Å². The van der Waals surface area contributed by atoms with Crippen LogP contribution in [0.15, 0.2) is 179 Å². The van der Waals surface area contributed by atoms with Gasteiger partial charge in [-0.25, -0.2) is 0 Å². The minimum absolute atomic E-state index is 0.0911. The Labute approximate surface area is 361 Å². The van der Waals surface area contributed by atoms with Crippen LogP contribution in [0, 0.1) is 0 Å². The molecular formula is C60H46O2. The average Bonchev–Trinajstić information content (AvgIpc) is 3.85. The first kappa shape index (κ1) is 36.7. The molecule has 2 heteroatoms. The summed E-state index contributed by atoms with van der Waals surface area (Å²) < 4.78 is 14.3. The molecule has 0 N–H and O–H groups in total. The van der Waals surface area contributed by atoms with Crippen LogP contribution in [-0.4, -0.2) is 0 Å². The molecule has 12 rings (SSSR count). The van der Waals surface area contributed by atoms with Crippen LogP contribution in [0.3, 0.4) is 0 Å². The lowest BCUT2D eigenvalue weighted by atomic mass is 9.77. The van der Waals surface area contributed by atoms with E-state index in [1.807, 2.05) is 0 Å². The van der Waals surface area contributed by atoms with Gasteiger partial charge < -0.3 is 8.83 Å². The smallest absolute Gasteiger partial charge is 0.143 e. The van der Waals surface area contributed by atoms with E-state index in [-0.39, 0.29) is 10.8 Å². The van der Waals surface area contributed by atoms with Crippen molar-refractivity contribution in [1.82, 2.24) is 0 Å². The van der Waals surface area contributed by atoms with Crippen LogP contribution in [0.5, 0.6) is 0 Å². The zero-order valence-corrected chi connectivity index (χ0v) is 36.0. The van der Waals surface area contributed by atoms with Crippen molar-refractivity contribution in [1.29, 1.82) is 0 Å². The number of furan rings is 2. The van der Waals surface area contributed by atoms with Gasteiger partial charge in [-0.3, -0.25) is 0 Å². The highest BCUT2D eigenvalue weighted by Gasteiger charge is 2.28. The Bertz CT molecular complexity index is 3490. The summed E-state index contributed by atoms with van der Waals surface area (Å²) in [4.78, 5) is 0. The zero-order valence-electron chi connectivity index (χ0n) is 36.0. The highest BCUT2D eigenvalue weighted by Crippen LogP contribution is 2.52. The fraction of sp³-hybridized carbons (Fsp3) is 0.133. The quantitative estimate of drug-likeness (QED) is 0.166. The summed E-state index contributed by atoms with van der Waals surface area (Å²) in [7, 11) is 0. The van der Waals surface area contributed by atoms with Gasteiger partial charge in [0.2, 0.25) is 0 Å². The predicted octanol–water partition coefficient (Wildman–Crippen LogP) is 17.6. The molecule has 0 radical (unpaired) electrons. The molecule has 12 aromatic rings. The third-order valence-electron chi connectivity index (χ3n) is 13.3. The minimum atomic E-state index is -0.0911. The number of fused-ring (bicyclic) bond motifs is 8. The minimum Gasteiger partial charge on any atom is -0.455 e. The maximum Gasteiger partial charge on any atom is 0.143 e. The maximum absolute atomic E-state index is 7.15. The van der Waals surface area contributed by atoms with E-state index >= 15 is 0 Å². The molecule has 0 saturated heterocycles. The number of hydrogen-bond donors (Lipinski definition) is 0. The summed E-state index contributed by atoms with van der Waals surface area (Å²) in [5, 5.41) is 11.5. The summed E-state index contributed by atoms with van der Waals surface area (Å²) in [6, 6.07) is 62.2. The Morgan fingerprint density at radius 2 is 0.677 bits per heavy atom. The van der Waals surface area contributed by atoms with E-state index in [9.17, 15) is 0 Å². The fourth-order valence-corrected chi connectivity index (χ4v) is 10.4.